The van der Waals surface area contributed by atoms with Crippen LogP contribution in [0.25, 0.3) is 0 Å². The SMILES string of the molecule is CCN(CC)C(=O)c1sc(NC(=S)Nc2ccc(Oc3ccccc3)cc2)c(C(=O)OC)c1C. The van der Waals surface area contributed by atoms with Crippen LogP contribution in [0, 0.1) is 6.92 Å². The fraction of sp³-hybridized carbons (Fsp3) is 0.240. The number of amides is 1. The van der Waals surface area contributed by atoms with E-state index in [1.807, 2.05) is 68.4 Å². The molecule has 0 aliphatic heterocycles. The van der Waals surface area contributed by atoms with Crippen molar-refractivity contribution in [2.45, 2.75) is 20.8 Å². The maximum absolute atomic E-state index is 12.9. The molecular formula is C25H27N3O4S2. The highest BCUT2D eigenvalue weighted by Gasteiger charge is 2.27. The van der Waals surface area contributed by atoms with Crippen molar-refractivity contribution in [3.8, 4) is 11.5 Å². The fourth-order valence-electron chi connectivity index (χ4n) is 3.30. The average molecular weight is 498 g/mol. The van der Waals surface area contributed by atoms with Crippen molar-refractivity contribution in [3.05, 3.63) is 70.6 Å². The first-order valence-corrected chi connectivity index (χ1v) is 12.0. The van der Waals surface area contributed by atoms with Crippen molar-refractivity contribution in [2.75, 3.05) is 30.8 Å². The minimum Gasteiger partial charge on any atom is -0.465 e. The number of nitrogens with one attached hydrogen (secondary N) is 2. The predicted octanol–water partition coefficient (Wildman–Crippen LogP) is 5.93. The van der Waals surface area contributed by atoms with Crippen molar-refractivity contribution in [1.29, 1.82) is 0 Å². The molecule has 0 radical (unpaired) electrons. The zero-order chi connectivity index (χ0) is 24.7. The molecule has 0 spiro atoms. The molecule has 1 aromatic heterocycles. The Kier molecular flexibility index (Phi) is 8.61. The molecule has 2 aromatic carbocycles. The van der Waals surface area contributed by atoms with Gasteiger partial charge in [0.2, 0.25) is 0 Å². The Hall–Kier alpha value is -3.43. The van der Waals surface area contributed by atoms with E-state index < -0.39 is 5.97 Å². The zero-order valence-electron chi connectivity index (χ0n) is 19.5. The van der Waals surface area contributed by atoms with Crippen molar-refractivity contribution < 1.29 is 19.1 Å². The minimum atomic E-state index is -0.528. The standard InChI is InChI=1S/C25H27N3O4S2/c1-5-28(6-2)23(29)21-16(3)20(24(30)31-4)22(34-21)27-25(33)26-17-12-14-19(15-13-17)32-18-10-8-7-9-11-18/h7-15H,5-6H2,1-4H3,(H2,26,27,33). The van der Waals surface area contributed by atoms with Gasteiger partial charge in [0.15, 0.2) is 5.11 Å². The number of para-hydroxylation sites is 1. The highest BCUT2D eigenvalue weighted by atomic mass is 32.1. The highest BCUT2D eigenvalue weighted by Crippen LogP contribution is 2.35. The summed E-state index contributed by atoms with van der Waals surface area (Å²) in [5.74, 6) is 0.787. The van der Waals surface area contributed by atoms with Crippen LogP contribution in [-0.4, -0.2) is 42.1 Å². The number of anilines is 2. The van der Waals surface area contributed by atoms with Gasteiger partial charge in [0.1, 0.15) is 16.5 Å². The zero-order valence-corrected chi connectivity index (χ0v) is 21.1. The number of benzene rings is 2. The molecule has 7 nitrogen and oxygen atoms in total. The summed E-state index contributed by atoms with van der Waals surface area (Å²) in [7, 11) is 1.31. The molecule has 178 valence electrons. The Morgan fingerprint density at radius 2 is 1.59 bits per heavy atom. The van der Waals surface area contributed by atoms with E-state index >= 15 is 0 Å². The van der Waals surface area contributed by atoms with Gasteiger partial charge in [-0.3, -0.25) is 4.79 Å². The van der Waals surface area contributed by atoms with E-state index in [1.54, 1.807) is 11.8 Å². The number of rotatable bonds is 8. The number of carbonyl (C=O) groups is 2. The Labute approximate surface area is 208 Å². The number of hydrogen-bond donors (Lipinski definition) is 2. The summed E-state index contributed by atoms with van der Waals surface area (Å²) < 4.78 is 10.8. The van der Waals surface area contributed by atoms with Crippen molar-refractivity contribution in [1.82, 2.24) is 4.90 Å². The van der Waals surface area contributed by atoms with Gasteiger partial charge in [0, 0.05) is 18.8 Å². The fourth-order valence-corrected chi connectivity index (χ4v) is 4.76. The van der Waals surface area contributed by atoms with E-state index in [2.05, 4.69) is 10.6 Å². The Bertz CT molecular complexity index is 1160. The molecule has 0 bridgehead atoms. The highest BCUT2D eigenvalue weighted by molar-refractivity contribution is 7.80. The molecule has 0 saturated heterocycles. The van der Waals surface area contributed by atoms with Crippen LogP contribution in [0.3, 0.4) is 0 Å². The molecule has 1 amide bonds. The number of carbonyl (C=O) groups excluding carboxylic acids is 2. The van der Waals surface area contributed by atoms with Gasteiger partial charge < -0.3 is 25.0 Å². The van der Waals surface area contributed by atoms with Crippen LogP contribution in [0.5, 0.6) is 11.5 Å². The van der Waals surface area contributed by atoms with E-state index in [4.69, 9.17) is 21.7 Å². The van der Waals surface area contributed by atoms with Crippen LogP contribution in [0.1, 0.15) is 39.4 Å². The average Bonchev–Trinajstić information content (AvgIpc) is 3.16. The number of thiophene rings is 1. The van der Waals surface area contributed by atoms with E-state index in [-0.39, 0.29) is 11.0 Å². The quantitative estimate of drug-likeness (QED) is 0.295. The summed E-state index contributed by atoms with van der Waals surface area (Å²) in [6.07, 6.45) is 0. The van der Waals surface area contributed by atoms with Gasteiger partial charge in [-0.15, -0.1) is 11.3 Å². The largest absolute Gasteiger partial charge is 0.465 e. The molecule has 34 heavy (non-hydrogen) atoms. The third-order valence-electron chi connectivity index (χ3n) is 5.10. The van der Waals surface area contributed by atoms with Crippen LogP contribution in [-0.2, 0) is 4.74 Å². The molecule has 0 saturated carbocycles. The second-order valence-electron chi connectivity index (χ2n) is 7.25. The van der Waals surface area contributed by atoms with E-state index in [1.165, 1.54) is 18.4 Å². The lowest BCUT2D eigenvalue weighted by atomic mass is 10.1. The summed E-state index contributed by atoms with van der Waals surface area (Å²) in [5, 5.41) is 6.89. The Morgan fingerprint density at radius 1 is 0.971 bits per heavy atom. The summed E-state index contributed by atoms with van der Waals surface area (Å²) in [4.78, 5) is 27.6. The molecule has 0 aliphatic carbocycles. The van der Waals surface area contributed by atoms with Crippen LogP contribution in [0.2, 0.25) is 0 Å². The molecule has 0 aliphatic rings. The number of ether oxygens (including phenoxy) is 2. The van der Waals surface area contributed by atoms with Crippen LogP contribution >= 0.6 is 23.6 Å². The normalized spacial score (nSPS) is 10.4. The molecule has 3 aromatic rings. The second kappa shape index (κ2) is 11.6. The monoisotopic (exact) mass is 497 g/mol. The van der Waals surface area contributed by atoms with Crippen molar-refractivity contribution >= 4 is 51.2 Å². The number of methoxy groups -OCH3 is 1. The Balaban J connectivity index is 1.75. The number of hydrogen-bond acceptors (Lipinski definition) is 6. The van der Waals surface area contributed by atoms with Gasteiger partial charge in [-0.1, -0.05) is 18.2 Å². The van der Waals surface area contributed by atoms with Gasteiger partial charge in [0.25, 0.3) is 5.91 Å². The number of thiocarbonyl (C=S) groups is 1. The molecule has 0 atom stereocenters. The second-order valence-corrected chi connectivity index (χ2v) is 8.68. The third kappa shape index (κ3) is 5.92. The van der Waals surface area contributed by atoms with Crippen molar-refractivity contribution in [2.24, 2.45) is 0 Å². The van der Waals surface area contributed by atoms with Crippen LogP contribution in [0.4, 0.5) is 10.7 Å². The first kappa shape index (κ1) is 25.2. The smallest absolute Gasteiger partial charge is 0.341 e. The molecule has 9 heteroatoms. The van der Waals surface area contributed by atoms with E-state index in [0.29, 0.717) is 39.8 Å². The third-order valence-corrected chi connectivity index (χ3v) is 6.50. The molecular weight excluding hydrogens is 470 g/mol. The molecule has 3 rings (SSSR count). The summed E-state index contributed by atoms with van der Waals surface area (Å²) in [6, 6.07) is 16.8. The predicted molar refractivity (Wildman–Crippen MR) is 140 cm³/mol. The molecule has 2 N–H and O–H groups in total. The first-order chi connectivity index (χ1) is 16.4. The van der Waals surface area contributed by atoms with Gasteiger partial charge in [-0.2, -0.15) is 0 Å². The molecule has 0 fully saturated rings. The minimum absolute atomic E-state index is 0.126. The van der Waals surface area contributed by atoms with E-state index in [0.717, 1.165) is 11.4 Å². The maximum atomic E-state index is 12.9. The lowest BCUT2D eigenvalue weighted by Gasteiger charge is -2.17. The first-order valence-electron chi connectivity index (χ1n) is 10.8. The molecule has 1 heterocycles. The lowest BCUT2D eigenvalue weighted by Crippen LogP contribution is -2.30. The maximum Gasteiger partial charge on any atom is 0.341 e. The van der Waals surface area contributed by atoms with Gasteiger partial charge in [0.05, 0.1) is 17.6 Å². The summed E-state index contributed by atoms with van der Waals surface area (Å²) >= 11 is 6.65. The van der Waals surface area contributed by atoms with E-state index in [9.17, 15) is 9.59 Å². The van der Waals surface area contributed by atoms with Crippen LogP contribution in [0.15, 0.2) is 54.6 Å². The summed E-state index contributed by atoms with van der Waals surface area (Å²) in [6.45, 7) is 6.73. The number of esters is 1. The molecule has 0 unspecified atom stereocenters. The lowest BCUT2D eigenvalue weighted by molar-refractivity contribution is 0.0601. The van der Waals surface area contributed by atoms with Gasteiger partial charge >= 0.3 is 5.97 Å². The van der Waals surface area contributed by atoms with Crippen LogP contribution < -0.4 is 15.4 Å². The van der Waals surface area contributed by atoms with Crippen molar-refractivity contribution in [3.63, 3.8) is 0 Å². The summed E-state index contributed by atoms with van der Waals surface area (Å²) in [5.41, 5.74) is 1.62. The number of nitrogens with zero attached hydrogens (tertiary/aromatic N) is 1. The van der Waals surface area contributed by atoms with Gasteiger partial charge in [-0.05, 0) is 75.0 Å². The van der Waals surface area contributed by atoms with Gasteiger partial charge in [-0.25, -0.2) is 4.79 Å². The topological polar surface area (TPSA) is 79.9 Å². The Morgan fingerprint density at radius 3 is 2.18 bits per heavy atom.